The molecule has 0 heterocycles. The summed E-state index contributed by atoms with van der Waals surface area (Å²) in [5, 5.41) is 22.1. The first kappa shape index (κ1) is 20.7. The Morgan fingerprint density at radius 3 is 1.91 bits per heavy atom. The summed E-state index contributed by atoms with van der Waals surface area (Å²) in [6.45, 7) is 8.27. The largest absolute Gasteiger partial charge is 0.481 e. The SMILES string of the molecule is CC(C)[C@H](NC(=O)OC(C)(C)C)C(=O)N[C@@H](CC(=O)O)C(=O)O. The number of rotatable bonds is 7. The fourth-order valence-electron chi connectivity index (χ4n) is 1.61. The summed E-state index contributed by atoms with van der Waals surface area (Å²) in [4.78, 5) is 45.5. The number of carbonyl (C=O) groups excluding carboxylic acids is 2. The molecule has 9 heteroatoms. The second kappa shape index (κ2) is 8.35. The molecule has 0 spiro atoms. The third-order valence-corrected chi connectivity index (χ3v) is 2.61. The van der Waals surface area contributed by atoms with E-state index < -0.39 is 48.0 Å². The van der Waals surface area contributed by atoms with Gasteiger partial charge in [0.15, 0.2) is 0 Å². The average molecular weight is 332 g/mol. The Balaban J connectivity index is 4.94. The molecule has 0 unspecified atom stereocenters. The van der Waals surface area contributed by atoms with E-state index in [0.717, 1.165) is 0 Å². The molecule has 0 saturated carbocycles. The molecular weight excluding hydrogens is 308 g/mol. The first-order chi connectivity index (χ1) is 10.3. The van der Waals surface area contributed by atoms with Gasteiger partial charge in [0.1, 0.15) is 17.7 Å². The maximum absolute atomic E-state index is 12.1. The number of carboxylic acid groups (broad SMARTS) is 2. The quantitative estimate of drug-likeness (QED) is 0.534. The fraction of sp³-hybridized carbons (Fsp3) is 0.714. The summed E-state index contributed by atoms with van der Waals surface area (Å²) in [6, 6.07) is -2.64. The summed E-state index contributed by atoms with van der Waals surface area (Å²) in [5.41, 5.74) is -0.755. The van der Waals surface area contributed by atoms with Crippen molar-refractivity contribution in [3.05, 3.63) is 0 Å². The van der Waals surface area contributed by atoms with E-state index in [-0.39, 0.29) is 5.92 Å². The highest BCUT2D eigenvalue weighted by molar-refractivity contribution is 5.91. The number of carbonyl (C=O) groups is 4. The van der Waals surface area contributed by atoms with Crippen LogP contribution in [0.25, 0.3) is 0 Å². The molecule has 2 amide bonds. The summed E-state index contributed by atoms with van der Waals surface area (Å²) in [6.07, 6.45) is -1.59. The van der Waals surface area contributed by atoms with E-state index >= 15 is 0 Å². The number of amides is 2. The van der Waals surface area contributed by atoms with Crippen molar-refractivity contribution in [1.29, 1.82) is 0 Å². The minimum absolute atomic E-state index is 0.359. The molecule has 0 saturated heterocycles. The predicted molar refractivity (Wildman–Crippen MR) is 79.8 cm³/mol. The van der Waals surface area contributed by atoms with Gasteiger partial charge in [0.05, 0.1) is 6.42 Å². The van der Waals surface area contributed by atoms with Crippen molar-refractivity contribution >= 4 is 23.9 Å². The van der Waals surface area contributed by atoms with Crippen LogP contribution >= 0.6 is 0 Å². The zero-order chi connectivity index (χ0) is 18.4. The zero-order valence-electron chi connectivity index (χ0n) is 13.9. The molecule has 0 aliphatic carbocycles. The van der Waals surface area contributed by atoms with Crippen LogP contribution in [0, 0.1) is 5.92 Å². The van der Waals surface area contributed by atoms with Gasteiger partial charge < -0.3 is 25.6 Å². The molecule has 9 nitrogen and oxygen atoms in total. The van der Waals surface area contributed by atoms with Crippen LogP contribution in [-0.2, 0) is 19.1 Å². The Bertz CT molecular complexity index is 468. The Hall–Kier alpha value is -2.32. The monoisotopic (exact) mass is 332 g/mol. The lowest BCUT2D eigenvalue weighted by molar-refractivity contribution is -0.147. The van der Waals surface area contributed by atoms with Crippen LogP contribution in [0.2, 0.25) is 0 Å². The molecule has 0 aromatic carbocycles. The van der Waals surface area contributed by atoms with Crippen molar-refractivity contribution in [2.45, 2.75) is 58.7 Å². The van der Waals surface area contributed by atoms with Crippen LogP contribution in [0.15, 0.2) is 0 Å². The van der Waals surface area contributed by atoms with Crippen LogP contribution in [-0.4, -0.2) is 51.8 Å². The first-order valence-electron chi connectivity index (χ1n) is 7.08. The topological polar surface area (TPSA) is 142 Å². The number of carboxylic acids is 2. The van der Waals surface area contributed by atoms with Crippen molar-refractivity contribution in [2.75, 3.05) is 0 Å². The van der Waals surface area contributed by atoms with Gasteiger partial charge in [-0.2, -0.15) is 0 Å². The Labute approximate surface area is 134 Å². The van der Waals surface area contributed by atoms with Crippen LogP contribution in [0.1, 0.15) is 41.0 Å². The van der Waals surface area contributed by atoms with E-state index in [9.17, 15) is 19.2 Å². The smallest absolute Gasteiger partial charge is 0.408 e. The van der Waals surface area contributed by atoms with Gasteiger partial charge in [-0.1, -0.05) is 13.8 Å². The van der Waals surface area contributed by atoms with Crippen molar-refractivity contribution < 1.29 is 34.1 Å². The van der Waals surface area contributed by atoms with Gasteiger partial charge in [-0.05, 0) is 26.7 Å². The average Bonchev–Trinajstić information content (AvgIpc) is 2.31. The lowest BCUT2D eigenvalue weighted by atomic mass is 10.0. The Kier molecular flexibility index (Phi) is 7.51. The van der Waals surface area contributed by atoms with Crippen LogP contribution in [0.5, 0.6) is 0 Å². The van der Waals surface area contributed by atoms with Gasteiger partial charge in [0, 0.05) is 0 Å². The van der Waals surface area contributed by atoms with Gasteiger partial charge in [0.25, 0.3) is 0 Å². The molecule has 23 heavy (non-hydrogen) atoms. The van der Waals surface area contributed by atoms with Gasteiger partial charge >= 0.3 is 18.0 Å². The van der Waals surface area contributed by atoms with Gasteiger partial charge in [0.2, 0.25) is 5.91 Å². The van der Waals surface area contributed by atoms with Crippen molar-refractivity contribution in [3.63, 3.8) is 0 Å². The third-order valence-electron chi connectivity index (χ3n) is 2.61. The van der Waals surface area contributed by atoms with Crippen LogP contribution in [0.3, 0.4) is 0 Å². The lowest BCUT2D eigenvalue weighted by Crippen LogP contribution is -2.54. The summed E-state index contributed by atoms with van der Waals surface area (Å²) in [5.74, 6) is -3.99. The number of hydrogen-bond donors (Lipinski definition) is 4. The highest BCUT2D eigenvalue weighted by atomic mass is 16.6. The molecular formula is C14H24N2O7. The number of aliphatic carboxylic acids is 2. The number of alkyl carbamates (subject to hydrolysis) is 1. The highest BCUT2D eigenvalue weighted by Crippen LogP contribution is 2.09. The first-order valence-corrected chi connectivity index (χ1v) is 7.08. The number of ether oxygens (including phenoxy) is 1. The van der Waals surface area contributed by atoms with E-state index in [1.54, 1.807) is 34.6 Å². The number of nitrogens with one attached hydrogen (secondary N) is 2. The van der Waals surface area contributed by atoms with Crippen molar-refractivity contribution in [2.24, 2.45) is 5.92 Å². The second-order valence-electron chi connectivity index (χ2n) is 6.37. The molecule has 0 fully saturated rings. The molecule has 4 N–H and O–H groups in total. The highest BCUT2D eigenvalue weighted by Gasteiger charge is 2.31. The summed E-state index contributed by atoms with van der Waals surface area (Å²) in [7, 11) is 0. The van der Waals surface area contributed by atoms with Gasteiger partial charge in [-0.3, -0.25) is 9.59 Å². The normalized spacial score (nSPS) is 13.8. The molecule has 0 aromatic heterocycles. The molecule has 0 rings (SSSR count). The summed E-state index contributed by atoms with van der Waals surface area (Å²) < 4.78 is 5.05. The van der Waals surface area contributed by atoms with Crippen molar-refractivity contribution in [3.8, 4) is 0 Å². The summed E-state index contributed by atoms with van der Waals surface area (Å²) >= 11 is 0. The molecule has 0 aliphatic heterocycles. The molecule has 132 valence electrons. The maximum Gasteiger partial charge on any atom is 0.408 e. The molecule has 0 aliphatic rings. The number of hydrogen-bond acceptors (Lipinski definition) is 5. The van der Waals surface area contributed by atoms with E-state index in [1.807, 2.05) is 0 Å². The van der Waals surface area contributed by atoms with E-state index in [4.69, 9.17) is 14.9 Å². The molecule has 0 radical (unpaired) electrons. The van der Waals surface area contributed by atoms with Gasteiger partial charge in [-0.25, -0.2) is 9.59 Å². The Morgan fingerprint density at radius 1 is 1.04 bits per heavy atom. The molecule has 0 bridgehead atoms. The Morgan fingerprint density at radius 2 is 1.57 bits per heavy atom. The van der Waals surface area contributed by atoms with Crippen molar-refractivity contribution in [1.82, 2.24) is 10.6 Å². The van der Waals surface area contributed by atoms with Gasteiger partial charge in [-0.15, -0.1) is 0 Å². The molecule has 2 atom stereocenters. The minimum Gasteiger partial charge on any atom is -0.481 e. The van der Waals surface area contributed by atoms with E-state index in [0.29, 0.717) is 0 Å². The minimum atomic E-state index is -1.58. The lowest BCUT2D eigenvalue weighted by Gasteiger charge is -2.26. The maximum atomic E-state index is 12.1. The van der Waals surface area contributed by atoms with E-state index in [2.05, 4.69) is 10.6 Å². The second-order valence-corrected chi connectivity index (χ2v) is 6.37. The fourth-order valence-corrected chi connectivity index (χ4v) is 1.61. The van der Waals surface area contributed by atoms with Crippen LogP contribution in [0.4, 0.5) is 4.79 Å². The third kappa shape index (κ3) is 8.64. The zero-order valence-corrected chi connectivity index (χ0v) is 13.9. The standard InChI is InChI=1S/C14H24N2O7/c1-7(2)10(16-13(22)23-14(3,4)5)11(19)15-8(12(20)21)6-9(17)18/h7-8,10H,6H2,1-5H3,(H,15,19)(H,16,22)(H,17,18)(H,20,21)/t8-,10-/m0/s1. The molecule has 0 aromatic rings. The van der Waals surface area contributed by atoms with Crippen LogP contribution < -0.4 is 10.6 Å². The van der Waals surface area contributed by atoms with E-state index in [1.165, 1.54) is 0 Å². The predicted octanol–water partition coefficient (Wildman–Crippen LogP) is 0.580.